The van der Waals surface area contributed by atoms with Crippen LogP contribution in [0.4, 0.5) is 11.6 Å². The molecule has 162 valence electrons. The average molecular weight is 448 g/mol. The number of fused-ring (bicyclic) bond motifs is 1. The summed E-state index contributed by atoms with van der Waals surface area (Å²) in [5, 5.41) is 11.4. The van der Waals surface area contributed by atoms with Crippen molar-refractivity contribution in [2.45, 2.75) is 18.9 Å². The Balaban J connectivity index is 1.30. The van der Waals surface area contributed by atoms with E-state index in [1.165, 1.54) is 0 Å². The van der Waals surface area contributed by atoms with Crippen molar-refractivity contribution in [1.82, 2.24) is 19.9 Å². The van der Waals surface area contributed by atoms with E-state index in [0.717, 1.165) is 42.0 Å². The van der Waals surface area contributed by atoms with Crippen molar-refractivity contribution in [3.63, 3.8) is 0 Å². The van der Waals surface area contributed by atoms with Gasteiger partial charge in [-0.05, 0) is 61.4 Å². The molecular weight excluding hydrogens is 426 g/mol. The molecule has 3 heterocycles. The van der Waals surface area contributed by atoms with E-state index in [-0.39, 0.29) is 12.0 Å². The monoisotopic (exact) mass is 447 g/mol. The lowest BCUT2D eigenvalue weighted by atomic mass is 10.1. The minimum absolute atomic E-state index is 0.107. The van der Waals surface area contributed by atoms with Gasteiger partial charge in [0.25, 0.3) is 5.91 Å². The fourth-order valence-electron chi connectivity index (χ4n) is 3.77. The molecule has 1 aliphatic heterocycles. The van der Waals surface area contributed by atoms with Crippen LogP contribution >= 0.6 is 11.6 Å². The third-order valence-electron chi connectivity index (χ3n) is 5.40. The highest BCUT2D eigenvalue weighted by Crippen LogP contribution is 2.24. The zero-order valence-corrected chi connectivity index (χ0v) is 18.0. The Morgan fingerprint density at radius 2 is 1.97 bits per heavy atom. The largest absolute Gasteiger partial charge is 0.376 e. The first-order valence-corrected chi connectivity index (χ1v) is 10.9. The maximum absolute atomic E-state index is 12.4. The molecule has 8 heteroatoms. The Labute approximate surface area is 190 Å². The maximum Gasteiger partial charge on any atom is 0.251 e. The molecule has 0 saturated carbocycles. The standard InChI is InChI=1S/C24H22ClN5O2/c25-18-5-1-4-17(14-18)21-7-2-8-22-28-24(29-30(21)22)27-19-11-9-16(10-12-19)23(31)26-15-20-6-3-13-32-20/h1-2,4-5,7-12,14,20H,3,6,13,15H2,(H,26,31)(H,27,29). The van der Waals surface area contributed by atoms with E-state index in [9.17, 15) is 4.79 Å². The normalized spacial score (nSPS) is 15.7. The Kier molecular flexibility index (Phi) is 5.75. The van der Waals surface area contributed by atoms with Crippen molar-refractivity contribution >= 4 is 34.8 Å². The molecule has 32 heavy (non-hydrogen) atoms. The van der Waals surface area contributed by atoms with Gasteiger partial charge in [0.2, 0.25) is 5.95 Å². The molecule has 7 nitrogen and oxygen atoms in total. The number of hydrogen-bond acceptors (Lipinski definition) is 5. The number of benzene rings is 2. The molecule has 0 aliphatic carbocycles. The van der Waals surface area contributed by atoms with Crippen molar-refractivity contribution in [2.24, 2.45) is 0 Å². The summed E-state index contributed by atoms with van der Waals surface area (Å²) in [6.07, 6.45) is 2.17. The predicted molar refractivity (Wildman–Crippen MR) is 124 cm³/mol. The summed E-state index contributed by atoms with van der Waals surface area (Å²) in [6.45, 7) is 1.32. The van der Waals surface area contributed by atoms with Gasteiger partial charge in [0.1, 0.15) is 0 Å². The van der Waals surface area contributed by atoms with Crippen LogP contribution in [0.3, 0.4) is 0 Å². The van der Waals surface area contributed by atoms with Gasteiger partial charge in [0.15, 0.2) is 5.65 Å². The molecule has 1 amide bonds. The topological polar surface area (TPSA) is 80.5 Å². The number of nitrogens with zero attached hydrogens (tertiary/aromatic N) is 3. The molecule has 1 saturated heterocycles. The number of aromatic nitrogens is 3. The van der Waals surface area contributed by atoms with Crippen LogP contribution in [0.2, 0.25) is 5.02 Å². The minimum Gasteiger partial charge on any atom is -0.376 e. The molecule has 4 aromatic rings. The van der Waals surface area contributed by atoms with E-state index < -0.39 is 0 Å². The predicted octanol–water partition coefficient (Wildman–Crippen LogP) is 4.70. The number of hydrogen-bond donors (Lipinski definition) is 2. The van der Waals surface area contributed by atoms with E-state index in [2.05, 4.69) is 20.7 Å². The quantitative estimate of drug-likeness (QED) is 0.447. The van der Waals surface area contributed by atoms with Crippen molar-refractivity contribution in [1.29, 1.82) is 0 Å². The number of nitrogens with one attached hydrogen (secondary N) is 2. The van der Waals surface area contributed by atoms with Crippen LogP contribution in [0.25, 0.3) is 16.9 Å². The smallest absolute Gasteiger partial charge is 0.251 e. The van der Waals surface area contributed by atoms with E-state index in [1.54, 1.807) is 16.6 Å². The summed E-state index contributed by atoms with van der Waals surface area (Å²) in [4.78, 5) is 16.9. The molecule has 2 aromatic heterocycles. The zero-order chi connectivity index (χ0) is 21.9. The van der Waals surface area contributed by atoms with Gasteiger partial charge >= 0.3 is 0 Å². The summed E-state index contributed by atoms with van der Waals surface area (Å²) in [6, 6.07) is 20.7. The van der Waals surface area contributed by atoms with E-state index in [1.807, 2.05) is 54.6 Å². The molecule has 0 spiro atoms. The van der Waals surface area contributed by atoms with Gasteiger partial charge in [-0.25, -0.2) is 4.52 Å². The first-order valence-electron chi connectivity index (χ1n) is 10.5. The lowest BCUT2D eigenvalue weighted by Gasteiger charge is -2.11. The van der Waals surface area contributed by atoms with Crippen LogP contribution in [-0.4, -0.2) is 39.8 Å². The van der Waals surface area contributed by atoms with Gasteiger partial charge in [0.05, 0.1) is 11.8 Å². The van der Waals surface area contributed by atoms with Gasteiger partial charge in [0, 0.05) is 35.0 Å². The molecule has 2 N–H and O–H groups in total. The molecule has 5 rings (SSSR count). The molecule has 0 bridgehead atoms. The lowest BCUT2D eigenvalue weighted by molar-refractivity contribution is 0.0858. The van der Waals surface area contributed by atoms with Crippen LogP contribution in [-0.2, 0) is 4.74 Å². The van der Waals surface area contributed by atoms with Crippen LogP contribution < -0.4 is 10.6 Å². The van der Waals surface area contributed by atoms with Crippen molar-refractivity contribution in [2.75, 3.05) is 18.5 Å². The number of carbonyl (C=O) groups excluding carboxylic acids is 1. The van der Waals surface area contributed by atoms with Gasteiger partial charge in [-0.15, -0.1) is 5.10 Å². The Bertz CT molecular complexity index is 1250. The zero-order valence-electron chi connectivity index (χ0n) is 17.3. The average Bonchev–Trinajstić information content (AvgIpc) is 3.47. The van der Waals surface area contributed by atoms with E-state index in [0.29, 0.717) is 23.1 Å². The number of carbonyl (C=O) groups is 1. The van der Waals surface area contributed by atoms with Gasteiger partial charge in [-0.1, -0.05) is 29.8 Å². The van der Waals surface area contributed by atoms with E-state index >= 15 is 0 Å². The van der Waals surface area contributed by atoms with Crippen LogP contribution in [0.1, 0.15) is 23.2 Å². The number of halogens is 1. The Morgan fingerprint density at radius 1 is 1.12 bits per heavy atom. The van der Waals surface area contributed by atoms with Crippen molar-refractivity contribution in [3.05, 3.63) is 77.3 Å². The molecule has 1 fully saturated rings. The SMILES string of the molecule is O=C(NCC1CCCO1)c1ccc(Nc2nc3cccc(-c4cccc(Cl)c4)n3n2)cc1. The summed E-state index contributed by atoms with van der Waals surface area (Å²) < 4.78 is 7.32. The van der Waals surface area contributed by atoms with Crippen LogP contribution in [0.5, 0.6) is 0 Å². The molecule has 0 radical (unpaired) electrons. The fourth-order valence-corrected chi connectivity index (χ4v) is 3.96. The Hall–Kier alpha value is -3.42. The molecule has 2 aromatic carbocycles. The highest BCUT2D eigenvalue weighted by Gasteiger charge is 2.16. The Morgan fingerprint density at radius 3 is 2.75 bits per heavy atom. The second-order valence-electron chi connectivity index (χ2n) is 7.67. The lowest BCUT2D eigenvalue weighted by Crippen LogP contribution is -2.31. The summed E-state index contributed by atoms with van der Waals surface area (Å²) >= 11 is 6.15. The second kappa shape index (κ2) is 8.98. The van der Waals surface area contributed by atoms with Crippen molar-refractivity contribution in [3.8, 4) is 11.3 Å². The van der Waals surface area contributed by atoms with Crippen molar-refractivity contribution < 1.29 is 9.53 Å². The van der Waals surface area contributed by atoms with E-state index in [4.69, 9.17) is 16.3 Å². The van der Waals surface area contributed by atoms with Crippen LogP contribution in [0.15, 0.2) is 66.7 Å². The highest BCUT2D eigenvalue weighted by atomic mass is 35.5. The third kappa shape index (κ3) is 4.44. The number of ether oxygens (including phenoxy) is 1. The summed E-state index contributed by atoms with van der Waals surface area (Å²) in [5.74, 6) is 0.360. The molecule has 1 unspecified atom stereocenters. The third-order valence-corrected chi connectivity index (χ3v) is 5.63. The van der Waals surface area contributed by atoms with Gasteiger partial charge in [-0.2, -0.15) is 4.98 Å². The number of rotatable bonds is 6. The maximum atomic E-state index is 12.4. The van der Waals surface area contributed by atoms with Crippen LogP contribution in [0, 0.1) is 0 Å². The first-order chi connectivity index (χ1) is 15.7. The molecule has 1 atom stereocenters. The fraction of sp³-hybridized carbons (Fsp3) is 0.208. The number of amides is 1. The number of pyridine rings is 1. The second-order valence-corrected chi connectivity index (χ2v) is 8.11. The molecule has 1 aliphatic rings. The molecular formula is C24H22ClN5O2. The van der Waals surface area contributed by atoms with Gasteiger partial charge in [-0.3, -0.25) is 4.79 Å². The number of anilines is 2. The minimum atomic E-state index is -0.107. The summed E-state index contributed by atoms with van der Waals surface area (Å²) in [7, 11) is 0. The summed E-state index contributed by atoms with van der Waals surface area (Å²) in [5.41, 5.74) is 3.96. The first kappa shape index (κ1) is 20.5. The highest BCUT2D eigenvalue weighted by molar-refractivity contribution is 6.30. The van der Waals surface area contributed by atoms with Gasteiger partial charge < -0.3 is 15.4 Å².